The van der Waals surface area contributed by atoms with E-state index in [0.29, 0.717) is 17.9 Å². The number of fused-ring (bicyclic) bond motifs is 1. The van der Waals surface area contributed by atoms with Crippen molar-refractivity contribution in [2.75, 3.05) is 0 Å². The topological polar surface area (TPSA) is 59.5 Å². The van der Waals surface area contributed by atoms with Crippen LogP contribution >= 0.6 is 11.3 Å². The van der Waals surface area contributed by atoms with Gasteiger partial charge in [-0.25, -0.2) is 4.98 Å². The Hall–Kier alpha value is -3.07. The second kappa shape index (κ2) is 7.40. The van der Waals surface area contributed by atoms with Gasteiger partial charge < -0.3 is 14.1 Å². The summed E-state index contributed by atoms with van der Waals surface area (Å²) in [6.07, 6.45) is -1.39. The number of thiophene rings is 1. The number of aromatic nitrogens is 2. The van der Waals surface area contributed by atoms with Crippen LogP contribution in [0.1, 0.15) is 33.5 Å². The van der Waals surface area contributed by atoms with Crippen molar-refractivity contribution in [3.8, 4) is 11.3 Å². The van der Waals surface area contributed by atoms with Gasteiger partial charge in [-0.15, -0.1) is 11.3 Å². The van der Waals surface area contributed by atoms with Crippen LogP contribution in [0.2, 0.25) is 0 Å². The van der Waals surface area contributed by atoms with Crippen molar-refractivity contribution >= 4 is 22.9 Å². The number of aryl methyl sites for hydroxylation is 1. The molecule has 150 valence electrons. The van der Waals surface area contributed by atoms with Crippen LogP contribution in [0.4, 0.5) is 13.2 Å². The van der Waals surface area contributed by atoms with E-state index in [9.17, 15) is 18.0 Å². The normalized spacial score (nSPS) is 11.9. The molecule has 4 rings (SSSR count). The number of pyridine rings is 1. The minimum Gasteiger partial charge on any atom is -0.464 e. The summed E-state index contributed by atoms with van der Waals surface area (Å²) in [6.45, 7) is 2.06. The fourth-order valence-corrected chi connectivity index (χ4v) is 3.81. The van der Waals surface area contributed by atoms with Crippen LogP contribution in [0.3, 0.4) is 0 Å². The molecule has 0 aliphatic rings. The molecule has 5 nitrogen and oxygen atoms in total. The maximum Gasteiger partial charge on any atom is 0.420 e. The first-order valence-corrected chi connectivity index (χ1v) is 9.73. The van der Waals surface area contributed by atoms with E-state index in [4.69, 9.17) is 4.42 Å². The Kier molecular flexibility index (Phi) is 4.91. The summed E-state index contributed by atoms with van der Waals surface area (Å²) in [5.41, 5.74) is -0.564. The van der Waals surface area contributed by atoms with Crippen LogP contribution < -0.4 is 5.32 Å². The molecule has 0 saturated heterocycles. The number of furan rings is 1. The first-order chi connectivity index (χ1) is 13.9. The van der Waals surface area contributed by atoms with Crippen molar-refractivity contribution in [2.24, 2.45) is 0 Å². The third-order valence-corrected chi connectivity index (χ3v) is 5.36. The fraction of sp³-hybridized carbons (Fsp3) is 0.200. The SMILES string of the molecule is CCc1c(C(=O)NCc2cccs2)nc2c(C(F)(F)F)cc(-c3ccco3)cn12. The van der Waals surface area contributed by atoms with E-state index < -0.39 is 17.6 Å². The molecule has 29 heavy (non-hydrogen) atoms. The van der Waals surface area contributed by atoms with Gasteiger partial charge in [0.2, 0.25) is 0 Å². The highest BCUT2D eigenvalue weighted by molar-refractivity contribution is 7.09. The molecule has 4 aromatic rings. The Morgan fingerprint density at radius 1 is 1.31 bits per heavy atom. The molecule has 4 aromatic heterocycles. The third kappa shape index (κ3) is 3.65. The molecule has 0 atom stereocenters. The monoisotopic (exact) mass is 419 g/mol. The van der Waals surface area contributed by atoms with E-state index in [2.05, 4.69) is 10.3 Å². The molecule has 9 heteroatoms. The standard InChI is InChI=1S/C20H16F3N3O2S/c1-2-15-17(19(27)24-10-13-5-4-8-29-13)25-18-14(20(21,22)23)9-12(11-26(15)18)16-6-3-7-28-16/h3-9,11H,2,10H2,1H3,(H,24,27). The largest absolute Gasteiger partial charge is 0.464 e. The fourth-order valence-electron chi connectivity index (χ4n) is 3.16. The highest BCUT2D eigenvalue weighted by atomic mass is 32.1. The lowest BCUT2D eigenvalue weighted by atomic mass is 10.1. The number of nitrogens with zero attached hydrogens (tertiary/aromatic N) is 2. The van der Waals surface area contributed by atoms with Crippen molar-refractivity contribution in [1.29, 1.82) is 0 Å². The molecule has 1 N–H and O–H groups in total. The summed E-state index contributed by atoms with van der Waals surface area (Å²) < 4.78 is 47.8. The zero-order valence-corrected chi connectivity index (χ0v) is 16.1. The molecular formula is C20H16F3N3O2S. The Bertz CT molecular complexity index is 1150. The summed E-state index contributed by atoms with van der Waals surface area (Å²) in [5, 5.41) is 4.62. The van der Waals surface area contributed by atoms with E-state index in [0.717, 1.165) is 10.9 Å². The van der Waals surface area contributed by atoms with E-state index in [-0.39, 0.29) is 23.4 Å². The van der Waals surface area contributed by atoms with Gasteiger partial charge in [0, 0.05) is 16.6 Å². The molecule has 0 radical (unpaired) electrons. The van der Waals surface area contributed by atoms with Gasteiger partial charge >= 0.3 is 6.18 Å². The average molecular weight is 419 g/mol. The number of carbonyl (C=O) groups excluding carboxylic acids is 1. The molecule has 0 saturated carbocycles. The Balaban J connectivity index is 1.83. The van der Waals surface area contributed by atoms with Gasteiger partial charge in [-0.1, -0.05) is 13.0 Å². The average Bonchev–Trinajstić information content (AvgIpc) is 3.44. The quantitative estimate of drug-likeness (QED) is 0.486. The van der Waals surface area contributed by atoms with Crippen molar-refractivity contribution < 1.29 is 22.4 Å². The zero-order valence-electron chi connectivity index (χ0n) is 15.3. The van der Waals surface area contributed by atoms with Gasteiger partial charge in [-0.2, -0.15) is 13.2 Å². The molecule has 0 aliphatic carbocycles. The molecule has 0 spiro atoms. The van der Waals surface area contributed by atoms with Crippen LogP contribution in [0.25, 0.3) is 17.0 Å². The van der Waals surface area contributed by atoms with Crippen LogP contribution in [0, 0.1) is 0 Å². The van der Waals surface area contributed by atoms with E-state index >= 15 is 0 Å². The smallest absolute Gasteiger partial charge is 0.420 e. The minimum atomic E-state index is -4.63. The minimum absolute atomic E-state index is 0.00819. The van der Waals surface area contributed by atoms with E-state index in [1.54, 1.807) is 19.1 Å². The molecule has 0 aliphatic heterocycles. The number of carbonyl (C=O) groups is 1. The predicted octanol–water partition coefficient (Wildman–Crippen LogP) is 5.17. The highest BCUT2D eigenvalue weighted by Crippen LogP contribution is 2.36. The Morgan fingerprint density at radius 2 is 2.14 bits per heavy atom. The molecule has 0 unspecified atom stereocenters. The second-order valence-corrected chi connectivity index (χ2v) is 7.37. The molecular weight excluding hydrogens is 403 g/mol. The summed E-state index contributed by atoms with van der Waals surface area (Å²) in [4.78, 5) is 17.7. The molecule has 0 fully saturated rings. The maximum atomic E-state index is 13.7. The van der Waals surface area contributed by atoms with Gasteiger partial charge in [0.1, 0.15) is 17.1 Å². The summed E-state index contributed by atoms with van der Waals surface area (Å²) in [5.74, 6) is -0.205. The van der Waals surface area contributed by atoms with Crippen molar-refractivity contribution in [2.45, 2.75) is 26.1 Å². The lowest BCUT2D eigenvalue weighted by Gasteiger charge is -2.11. The summed E-state index contributed by atoms with van der Waals surface area (Å²) in [6, 6.07) is 7.91. The zero-order chi connectivity index (χ0) is 20.6. The first kappa shape index (κ1) is 19.3. The Labute approximate surface area is 167 Å². The number of hydrogen-bond donors (Lipinski definition) is 1. The lowest BCUT2D eigenvalue weighted by Crippen LogP contribution is -2.24. The number of amides is 1. The van der Waals surface area contributed by atoms with Crippen LogP contribution in [-0.2, 0) is 19.1 Å². The first-order valence-electron chi connectivity index (χ1n) is 8.85. The number of rotatable bonds is 5. The van der Waals surface area contributed by atoms with Crippen molar-refractivity contribution in [3.63, 3.8) is 0 Å². The van der Waals surface area contributed by atoms with Gasteiger partial charge in [-0.05, 0) is 36.1 Å². The number of alkyl halides is 3. The number of nitrogens with one attached hydrogen (secondary N) is 1. The lowest BCUT2D eigenvalue weighted by molar-refractivity contribution is -0.136. The van der Waals surface area contributed by atoms with Gasteiger partial charge in [-0.3, -0.25) is 4.79 Å². The molecule has 1 amide bonds. The van der Waals surface area contributed by atoms with Gasteiger partial charge in [0.15, 0.2) is 0 Å². The second-order valence-electron chi connectivity index (χ2n) is 6.33. The maximum absolute atomic E-state index is 13.7. The van der Waals surface area contributed by atoms with E-state index in [1.807, 2.05) is 17.5 Å². The predicted molar refractivity (Wildman–Crippen MR) is 103 cm³/mol. The third-order valence-electron chi connectivity index (χ3n) is 4.48. The van der Waals surface area contributed by atoms with Crippen molar-refractivity contribution in [1.82, 2.24) is 14.7 Å². The number of hydrogen-bond acceptors (Lipinski definition) is 4. The number of imidazole rings is 1. The highest BCUT2D eigenvalue weighted by Gasteiger charge is 2.36. The number of halogens is 3. The van der Waals surface area contributed by atoms with Crippen LogP contribution in [0.15, 0.2) is 52.6 Å². The molecule has 0 aromatic carbocycles. The summed E-state index contributed by atoms with van der Waals surface area (Å²) in [7, 11) is 0. The van der Waals surface area contributed by atoms with E-state index in [1.165, 1.54) is 28.2 Å². The van der Waals surface area contributed by atoms with Crippen molar-refractivity contribution in [3.05, 3.63) is 70.0 Å². The van der Waals surface area contributed by atoms with Gasteiger partial charge in [0.05, 0.1) is 24.1 Å². The Morgan fingerprint density at radius 3 is 2.76 bits per heavy atom. The molecule has 0 bridgehead atoms. The summed E-state index contributed by atoms with van der Waals surface area (Å²) >= 11 is 1.48. The van der Waals surface area contributed by atoms with Crippen LogP contribution in [0.5, 0.6) is 0 Å². The van der Waals surface area contributed by atoms with Crippen LogP contribution in [-0.4, -0.2) is 15.3 Å². The molecule has 4 heterocycles. The van der Waals surface area contributed by atoms with Gasteiger partial charge in [0.25, 0.3) is 5.91 Å².